The van der Waals surface area contributed by atoms with Crippen LogP contribution in [0.1, 0.15) is 39.5 Å². The molecule has 0 aliphatic heterocycles. The standard InChI is InChI=1S/C11H21F3N2O/c1-3-7-15-10(17)8-16-9(2)5-4-6-11(12,13)14/h9,16H,3-8H2,1-2H3,(H,15,17). The Labute approximate surface area is 100 Å². The summed E-state index contributed by atoms with van der Waals surface area (Å²) in [4.78, 5) is 11.2. The molecule has 17 heavy (non-hydrogen) atoms. The maximum atomic E-state index is 11.9. The first-order valence-electron chi connectivity index (χ1n) is 5.92. The number of hydrogen-bond donors (Lipinski definition) is 2. The molecule has 0 saturated heterocycles. The van der Waals surface area contributed by atoms with Gasteiger partial charge < -0.3 is 10.6 Å². The molecular weight excluding hydrogens is 233 g/mol. The molecule has 0 aromatic heterocycles. The van der Waals surface area contributed by atoms with Gasteiger partial charge in [0.2, 0.25) is 5.91 Å². The lowest BCUT2D eigenvalue weighted by atomic mass is 10.1. The largest absolute Gasteiger partial charge is 0.389 e. The van der Waals surface area contributed by atoms with Crippen molar-refractivity contribution in [3.63, 3.8) is 0 Å². The van der Waals surface area contributed by atoms with E-state index in [0.717, 1.165) is 6.42 Å². The van der Waals surface area contributed by atoms with Gasteiger partial charge in [-0.05, 0) is 26.2 Å². The number of alkyl halides is 3. The van der Waals surface area contributed by atoms with Gasteiger partial charge in [-0.3, -0.25) is 4.79 Å². The first-order valence-corrected chi connectivity index (χ1v) is 5.92. The molecule has 6 heteroatoms. The van der Waals surface area contributed by atoms with E-state index in [1.54, 1.807) is 6.92 Å². The van der Waals surface area contributed by atoms with Crippen molar-refractivity contribution in [3.05, 3.63) is 0 Å². The molecule has 3 nitrogen and oxygen atoms in total. The summed E-state index contributed by atoms with van der Waals surface area (Å²) >= 11 is 0. The molecule has 0 fully saturated rings. The summed E-state index contributed by atoms with van der Waals surface area (Å²) in [6.07, 6.45) is -3.47. The van der Waals surface area contributed by atoms with E-state index in [4.69, 9.17) is 0 Å². The van der Waals surface area contributed by atoms with Crippen molar-refractivity contribution in [2.24, 2.45) is 0 Å². The number of carbonyl (C=O) groups is 1. The summed E-state index contributed by atoms with van der Waals surface area (Å²) in [6.45, 7) is 4.52. The topological polar surface area (TPSA) is 41.1 Å². The normalized spacial score (nSPS) is 13.5. The Balaban J connectivity index is 3.52. The van der Waals surface area contributed by atoms with Gasteiger partial charge in [-0.15, -0.1) is 0 Å². The molecule has 0 rings (SSSR count). The Morgan fingerprint density at radius 1 is 1.35 bits per heavy atom. The van der Waals surface area contributed by atoms with Crippen LogP contribution in [-0.4, -0.2) is 31.2 Å². The third kappa shape index (κ3) is 11.5. The number of rotatable bonds is 8. The number of hydrogen-bond acceptors (Lipinski definition) is 2. The first kappa shape index (κ1) is 16.2. The lowest BCUT2D eigenvalue weighted by Gasteiger charge is -2.14. The van der Waals surface area contributed by atoms with Crippen LogP contribution in [0.3, 0.4) is 0 Å². The molecule has 0 bridgehead atoms. The van der Waals surface area contributed by atoms with Crippen LogP contribution in [0.25, 0.3) is 0 Å². The number of carbonyl (C=O) groups excluding carboxylic acids is 1. The summed E-state index contributed by atoms with van der Waals surface area (Å²) < 4.78 is 35.6. The first-order chi connectivity index (χ1) is 7.85. The molecule has 0 spiro atoms. The van der Waals surface area contributed by atoms with Gasteiger partial charge in [0.1, 0.15) is 0 Å². The Morgan fingerprint density at radius 2 is 2.00 bits per heavy atom. The van der Waals surface area contributed by atoms with E-state index < -0.39 is 12.6 Å². The number of nitrogens with one attached hydrogen (secondary N) is 2. The van der Waals surface area contributed by atoms with E-state index in [0.29, 0.717) is 13.0 Å². The Kier molecular flexibility index (Phi) is 7.95. The summed E-state index contributed by atoms with van der Waals surface area (Å²) in [6, 6.07) is -0.0790. The van der Waals surface area contributed by atoms with Gasteiger partial charge in [0, 0.05) is 19.0 Å². The molecule has 0 radical (unpaired) electrons. The second kappa shape index (κ2) is 8.33. The SMILES string of the molecule is CCCNC(=O)CNC(C)CCCC(F)(F)F. The predicted molar refractivity (Wildman–Crippen MR) is 60.7 cm³/mol. The van der Waals surface area contributed by atoms with Gasteiger partial charge in [0.25, 0.3) is 0 Å². The minimum Gasteiger partial charge on any atom is -0.355 e. The quantitative estimate of drug-likeness (QED) is 0.697. The highest BCUT2D eigenvalue weighted by Gasteiger charge is 2.26. The molecule has 0 aromatic carbocycles. The molecular formula is C11H21F3N2O. The lowest BCUT2D eigenvalue weighted by molar-refractivity contribution is -0.136. The minimum atomic E-state index is -4.09. The van der Waals surface area contributed by atoms with Crippen LogP contribution in [0.5, 0.6) is 0 Å². The van der Waals surface area contributed by atoms with Crippen LogP contribution < -0.4 is 10.6 Å². The van der Waals surface area contributed by atoms with Crippen molar-refractivity contribution in [1.82, 2.24) is 10.6 Å². The van der Waals surface area contributed by atoms with Gasteiger partial charge in [-0.2, -0.15) is 13.2 Å². The summed E-state index contributed by atoms with van der Waals surface area (Å²) in [5.41, 5.74) is 0. The lowest BCUT2D eigenvalue weighted by Crippen LogP contribution is -2.38. The molecule has 1 amide bonds. The van der Waals surface area contributed by atoms with Crippen LogP contribution in [0.15, 0.2) is 0 Å². The van der Waals surface area contributed by atoms with Crippen LogP contribution in [0.2, 0.25) is 0 Å². The van der Waals surface area contributed by atoms with Crippen molar-refractivity contribution in [2.75, 3.05) is 13.1 Å². The van der Waals surface area contributed by atoms with Gasteiger partial charge >= 0.3 is 6.18 Å². The molecule has 0 aliphatic rings. The second-order valence-corrected chi connectivity index (χ2v) is 4.14. The zero-order chi connectivity index (χ0) is 13.3. The predicted octanol–water partition coefficient (Wildman–Crippen LogP) is 2.22. The van der Waals surface area contributed by atoms with Crippen molar-refractivity contribution < 1.29 is 18.0 Å². The average molecular weight is 254 g/mol. The van der Waals surface area contributed by atoms with Gasteiger partial charge in [0.05, 0.1) is 6.54 Å². The Morgan fingerprint density at radius 3 is 2.53 bits per heavy atom. The third-order valence-electron chi connectivity index (χ3n) is 2.28. The molecule has 0 aromatic rings. The summed E-state index contributed by atoms with van der Waals surface area (Å²) in [5, 5.41) is 5.58. The van der Waals surface area contributed by atoms with E-state index in [9.17, 15) is 18.0 Å². The molecule has 1 atom stereocenters. The number of halogens is 3. The van der Waals surface area contributed by atoms with E-state index >= 15 is 0 Å². The smallest absolute Gasteiger partial charge is 0.355 e. The molecule has 1 unspecified atom stereocenters. The zero-order valence-electron chi connectivity index (χ0n) is 10.4. The zero-order valence-corrected chi connectivity index (χ0v) is 10.4. The Bertz CT molecular complexity index is 219. The molecule has 0 aliphatic carbocycles. The highest BCUT2D eigenvalue weighted by atomic mass is 19.4. The van der Waals surface area contributed by atoms with Crippen molar-refractivity contribution in [1.29, 1.82) is 0 Å². The van der Waals surface area contributed by atoms with Gasteiger partial charge in [0.15, 0.2) is 0 Å². The van der Waals surface area contributed by atoms with E-state index in [2.05, 4.69) is 10.6 Å². The van der Waals surface area contributed by atoms with Crippen LogP contribution in [-0.2, 0) is 4.79 Å². The van der Waals surface area contributed by atoms with E-state index in [1.807, 2.05) is 6.92 Å². The number of amides is 1. The Hall–Kier alpha value is -0.780. The fraction of sp³-hybridized carbons (Fsp3) is 0.909. The van der Waals surface area contributed by atoms with Crippen molar-refractivity contribution >= 4 is 5.91 Å². The van der Waals surface area contributed by atoms with Crippen molar-refractivity contribution in [2.45, 2.75) is 51.7 Å². The summed E-state index contributed by atoms with van der Waals surface area (Å²) in [5.74, 6) is -0.116. The molecule has 0 heterocycles. The molecule has 102 valence electrons. The monoisotopic (exact) mass is 254 g/mol. The molecule has 2 N–H and O–H groups in total. The second-order valence-electron chi connectivity index (χ2n) is 4.14. The van der Waals surface area contributed by atoms with E-state index in [-0.39, 0.29) is 24.9 Å². The highest BCUT2D eigenvalue weighted by molar-refractivity contribution is 5.77. The van der Waals surface area contributed by atoms with Gasteiger partial charge in [-0.1, -0.05) is 6.92 Å². The maximum Gasteiger partial charge on any atom is 0.389 e. The van der Waals surface area contributed by atoms with Crippen molar-refractivity contribution in [3.8, 4) is 0 Å². The maximum absolute atomic E-state index is 11.9. The minimum absolute atomic E-state index is 0.0790. The third-order valence-corrected chi connectivity index (χ3v) is 2.28. The molecule has 0 saturated carbocycles. The highest BCUT2D eigenvalue weighted by Crippen LogP contribution is 2.22. The average Bonchev–Trinajstić information content (AvgIpc) is 2.21. The van der Waals surface area contributed by atoms with E-state index in [1.165, 1.54) is 0 Å². The fourth-order valence-corrected chi connectivity index (χ4v) is 1.30. The van der Waals surface area contributed by atoms with Crippen LogP contribution in [0.4, 0.5) is 13.2 Å². The van der Waals surface area contributed by atoms with Crippen LogP contribution in [0, 0.1) is 0 Å². The van der Waals surface area contributed by atoms with Gasteiger partial charge in [-0.25, -0.2) is 0 Å². The fourth-order valence-electron chi connectivity index (χ4n) is 1.30. The van der Waals surface area contributed by atoms with Crippen LogP contribution >= 0.6 is 0 Å². The summed E-state index contributed by atoms with van der Waals surface area (Å²) in [7, 11) is 0.